The summed E-state index contributed by atoms with van der Waals surface area (Å²) < 4.78 is 38.6. The zero-order valence-corrected chi connectivity index (χ0v) is 42.4. The number of piperidine rings is 2. The van der Waals surface area contributed by atoms with Gasteiger partial charge >= 0.3 is 12.0 Å². The number of likely N-dealkylation sites (tertiary alicyclic amines) is 1. The minimum Gasteiger partial charge on any atom is -0.508 e. The molecule has 3 N–H and O–H groups in total. The number of ether oxygens (including phenoxy) is 1. The minimum absolute atomic E-state index is 0.00723. The Morgan fingerprint density at radius 3 is 2.39 bits per heavy atom. The lowest BCUT2D eigenvalue weighted by Crippen LogP contribution is -2.50. The number of hydrogen-bond acceptors (Lipinski definition) is 12. The average molecular weight is 1010 g/mol. The van der Waals surface area contributed by atoms with E-state index in [9.17, 15) is 24.6 Å². The third kappa shape index (κ3) is 9.96. The molecule has 388 valence electrons. The van der Waals surface area contributed by atoms with Crippen molar-refractivity contribution in [2.24, 2.45) is 16.7 Å². The first kappa shape index (κ1) is 49.7. The molecule has 6 heterocycles. The van der Waals surface area contributed by atoms with E-state index in [0.717, 1.165) is 83.6 Å². The van der Waals surface area contributed by atoms with Gasteiger partial charge in [-0.25, -0.2) is 13.6 Å². The summed E-state index contributed by atoms with van der Waals surface area (Å²) in [7, 11) is 0. The number of carbonyl (C=O) groups excluding carboxylic acids is 3. The van der Waals surface area contributed by atoms with Crippen LogP contribution < -0.4 is 19.9 Å². The van der Waals surface area contributed by atoms with E-state index in [2.05, 4.69) is 31.0 Å². The van der Waals surface area contributed by atoms with E-state index in [1.54, 1.807) is 17.9 Å². The van der Waals surface area contributed by atoms with Crippen molar-refractivity contribution in [2.75, 3.05) is 88.4 Å². The second-order valence-corrected chi connectivity index (χ2v) is 22.6. The maximum Gasteiger partial charge on any atom is 0.328 e. The van der Waals surface area contributed by atoms with Crippen molar-refractivity contribution in [3.8, 4) is 35.4 Å². The first-order valence-electron chi connectivity index (χ1n) is 26.4. The number of carbonyl (C=O) groups is 3. The Kier molecular flexibility index (Phi) is 13.2. The Morgan fingerprint density at radius 2 is 1.68 bits per heavy atom. The summed E-state index contributed by atoms with van der Waals surface area (Å²) in [5.41, 5.74) is 1.21. The number of urea groups is 1. The third-order valence-electron chi connectivity index (χ3n) is 17.2. The number of pyridine rings is 1. The number of nitrogens with one attached hydrogen (secondary N) is 1. The van der Waals surface area contributed by atoms with E-state index in [4.69, 9.17) is 16.1 Å². The van der Waals surface area contributed by atoms with Gasteiger partial charge in [-0.3, -0.25) is 24.8 Å². The zero-order chi connectivity index (χ0) is 51.5. The molecule has 6 fully saturated rings. The fraction of sp³-hybridized carbons (Fsp3) is 0.509. The van der Waals surface area contributed by atoms with Gasteiger partial charge in [0.05, 0.1) is 23.2 Å². The molecule has 15 nitrogen and oxygen atoms in total. The molecule has 1 spiro atoms. The quantitative estimate of drug-likeness (QED) is 0.110. The maximum absolute atomic E-state index is 17.1. The number of fused-ring (bicyclic) bond motifs is 2. The fourth-order valence-corrected chi connectivity index (χ4v) is 12.5. The van der Waals surface area contributed by atoms with Crippen LogP contribution in [0.2, 0.25) is 0 Å². The highest BCUT2D eigenvalue weighted by molar-refractivity contribution is 6.07. The van der Waals surface area contributed by atoms with Gasteiger partial charge in [0.15, 0.2) is 5.82 Å². The summed E-state index contributed by atoms with van der Waals surface area (Å²) in [5, 5.41) is 25.2. The predicted octanol–water partition coefficient (Wildman–Crippen LogP) is 7.81. The van der Waals surface area contributed by atoms with Crippen LogP contribution in [-0.4, -0.2) is 142 Å². The molecule has 2 aliphatic carbocycles. The number of β-amino-alcohol motifs (C(OH)–C–C–N with tert-alkyl or cyclic N) is 1. The number of piperazine rings is 1. The van der Waals surface area contributed by atoms with Crippen molar-refractivity contribution in [1.82, 2.24) is 35.0 Å². The Morgan fingerprint density at radius 1 is 0.919 bits per heavy atom. The molecule has 6 aliphatic rings. The van der Waals surface area contributed by atoms with E-state index < -0.39 is 23.3 Å². The number of aromatic hydroxyl groups is 1. The van der Waals surface area contributed by atoms with Gasteiger partial charge in [-0.2, -0.15) is 9.97 Å². The number of benzene rings is 3. The van der Waals surface area contributed by atoms with E-state index >= 15 is 8.78 Å². The normalized spacial score (nSPS) is 22.6. The second-order valence-electron chi connectivity index (χ2n) is 22.6. The average Bonchev–Trinajstić information content (AvgIpc) is 4.16. The number of amides is 4. The van der Waals surface area contributed by atoms with Crippen molar-refractivity contribution < 1.29 is 38.1 Å². The number of hydrogen-bond donors (Lipinski definition) is 3. The van der Waals surface area contributed by atoms with E-state index in [1.807, 2.05) is 28.9 Å². The van der Waals surface area contributed by atoms with Gasteiger partial charge in [-0.05, 0) is 131 Å². The van der Waals surface area contributed by atoms with Gasteiger partial charge in [0.25, 0.3) is 5.91 Å². The van der Waals surface area contributed by atoms with Crippen molar-refractivity contribution >= 4 is 51.0 Å². The smallest absolute Gasteiger partial charge is 0.328 e. The number of aryl methyl sites for hydroxylation is 1. The Hall–Kier alpha value is -6.48. The van der Waals surface area contributed by atoms with E-state index in [-0.39, 0.29) is 75.1 Å². The van der Waals surface area contributed by atoms with Gasteiger partial charge in [-0.1, -0.05) is 18.1 Å². The highest BCUT2D eigenvalue weighted by atomic mass is 19.1. The molecule has 4 amide bonds. The number of terminal acetylenes is 1. The zero-order valence-electron chi connectivity index (χ0n) is 42.4. The third-order valence-corrected chi connectivity index (χ3v) is 17.2. The largest absolute Gasteiger partial charge is 0.508 e. The van der Waals surface area contributed by atoms with Gasteiger partial charge in [-0.15, -0.1) is 6.42 Å². The first-order chi connectivity index (χ1) is 35.6. The number of phenolic OH excluding ortho intramolecular Hbond substituents is 1. The molecule has 74 heavy (non-hydrogen) atoms. The number of rotatable bonds is 11. The van der Waals surface area contributed by atoms with Crippen LogP contribution in [0.3, 0.4) is 0 Å². The van der Waals surface area contributed by atoms with Gasteiger partial charge < -0.3 is 34.5 Å². The van der Waals surface area contributed by atoms with Crippen LogP contribution in [0.5, 0.6) is 11.8 Å². The van der Waals surface area contributed by atoms with E-state index in [0.29, 0.717) is 66.3 Å². The van der Waals surface area contributed by atoms with Crippen molar-refractivity contribution in [1.29, 1.82) is 0 Å². The lowest BCUT2D eigenvalue weighted by Gasteiger charge is -2.47. The first-order valence-corrected chi connectivity index (χ1v) is 26.4. The molecule has 3 aromatic carbocycles. The molecule has 17 heteroatoms. The van der Waals surface area contributed by atoms with Crippen LogP contribution in [-0.2, 0) is 4.79 Å². The fourth-order valence-electron chi connectivity index (χ4n) is 12.5. The SMILES string of the molecule is C#Cc1c(F)ccc2cc(O)cc(-c3ncc4c(N5CCC[C@@](C)(O)C5)nc(OCC5(CN6CCN(CC7CCC8(CC7)CCN(C(=O)c7ccc(C)c(N9CCC(=O)NC9=O)c7)CC8)CC6)CC5)nc4c3F)c12. The van der Waals surface area contributed by atoms with Crippen LogP contribution in [0, 0.1) is 47.6 Å². The summed E-state index contributed by atoms with van der Waals surface area (Å²) in [5.74, 6) is 1.58. The molecular weight excluding hydrogens is 945 g/mol. The second kappa shape index (κ2) is 19.7. The summed E-state index contributed by atoms with van der Waals surface area (Å²) in [4.78, 5) is 62.7. The Labute approximate surface area is 430 Å². The molecule has 2 aromatic heterocycles. The molecule has 4 aliphatic heterocycles. The maximum atomic E-state index is 17.1. The highest BCUT2D eigenvalue weighted by Crippen LogP contribution is 2.49. The summed E-state index contributed by atoms with van der Waals surface area (Å²) in [6.07, 6.45) is 17.6. The number of aliphatic hydroxyl groups is 1. The van der Waals surface area contributed by atoms with Crippen molar-refractivity contribution in [3.05, 3.63) is 77.0 Å². The molecule has 5 aromatic rings. The number of phenols is 1. The van der Waals surface area contributed by atoms with Crippen molar-refractivity contribution in [3.63, 3.8) is 0 Å². The van der Waals surface area contributed by atoms with Crippen LogP contribution in [0.4, 0.5) is 25.1 Å². The van der Waals surface area contributed by atoms with Gasteiger partial charge in [0.2, 0.25) is 5.91 Å². The molecule has 2 saturated carbocycles. The Balaban J connectivity index is 0.696. The van der Waals surface area contributed by atoms with Gasteiger partial charge in [0, 0.05) is 112 Å². The topological polar surface area (TPSA) is 168 Å². The van der Waals surface area contributed by atoms with Crippen LogP contribution in [0.25, 0.3) is 32.9 Å². The van der Waals surface area contributed by atoms with Gasteiger partial charge in [0.1, 0.15) is 28.6 Å². The molecule has 0 bridgehead atoms. The summed E-state index contributed by atoms with van der Waals surface area (Å²) in [6, 6.07) is 10.6. The lowest BCUT2D eigenvalue weighted by atomic mass is 9.65. The molecule has 0 unspecified atom stereocenters. The molecule has 0 radical (unpaired) electrons. The van der Waals surface area contributed by atoms with E-state index in [1.165, 1.54) is 56.1 Å². The Bertz CT molecular complexity index is 3080. The van der Waals surface area contributed by atoms with Crippen LogP contribution in [0.15, 0.2) is 48.7 Å². The summed E-state index contributed by atoms with van der Waals surface area (Å²) in [6.45, 7) is 12.6. The lowest BCUT2D eigenvalue weighted by molar-refractivity contribution is -0.120. The molecular formula is C57H65F2N9O6. The predicted molar refractivity (Wildman–Crippen MR) is 278 cm³/mol. The van der Waals surface area contributed by atoms with Crippen molar-refractivity contribution in [2.45, 2.75) is 90.1 Å². The number of anilines is 2. The minimum atomic E-state index is -0.985. The standard InChI is InChI=1S/C57H65F2N9O6/c1-4-41-44(58)9-8-38-28-40(69)30-42(47(38)41)49-48(59)50-43(31-60-49)51(67-20-5-13-55(3,73)33-67)63-53(62-50)74-35-57(16-17-57)34-65-26-24-64(25-27-65)32-37-10-14-56(15-11-37)18-22-66(23-19-56)52(71)39-7-6-36(2)45(29-39)68-21-12-46(70)61-54(68)72/h1,6-9,28-31,37,69,73H,5,10-27,32-35H2,2-3H3,(H,61,70,72)/t55-/m1/s1. The molecule has 4 saturated heterocycles. The van der Waals surface area contributed by atoms with Crippen LogP contribution in [0.1, 0.15) is 99.0 Å². The molecule has 1 atom stereocenters. The monoisotopic (exact) mass is 1010 g/mol. The number of nitrogens with zero attached hydrogens (tertiary/aromatic N) is 8. The number of halogens is 2. The highest BCUT2D eigenvalue weighted by Gasteiger charge is 2.46. The number of imide groups is 1. The number of aromatic nitrogens is 3. The molecule has 11 rings (SSSR count). The summed E-state index contributed by atoms with van der Waals surface area (Å²) >= 11 is 0. The van der Waals surface area contributed by atoms with Crippen LogP contribution >= 0.6 is 0 Å².